The van der Waals surface area contributed by atoms with Crippen LogP contribution in [0.15, 0.2) is 24.3 Å². The Labute approximate surface area is 136 Å². The van der Waals surface area contributed by atoms with Crippen LogP contribution in [0.4, 0.5) is 0 Å². The Morgan fingerprint density at radius 3 is 2.96 bits per heavy atom. The van der Waals surface area contributed by atoms with E-state index in [0.29, 0.717) is 31.1 Å². The van der Waals surface area contributed by atoms with Crippen LogP contribution in [0.3, 0.4) is 0 Å². The molecule has 1 fully saturated rings. The van der Waals surface area contributed by atoms with Crippen molar-refractivity contribution in [1.29, 1.82) is 0 Å². The second kappa shape index (κ2) is 7.76. The first-order valence-electron chi connectivity index (χ1n) is 7.43. The van der Waals surface area contributed by atoms with Crippen LogP contribution in [0.25, 0.3) is 0 Å². The maximum absolute atomic E-state index is 12.3. The van der Waals surface area contributed by atoms with Gasteiger partial charge in [-0.05, 0) is 25.1 Å². The maximum Gasteiger partial charge on any atom is 0.251 e. The molecule has 23 heavy (non-hydrogen) atoms. The summed E-state index contributed by atoms with van der Waals surface area (Å²) >= 11 is 0. The summed E-state index contributed by atoms with van der Waals surface area (Å²) in [5.41, 5.74) is 0.432. The molecule has 7 nitrogen and oxygen atoms in total. The number of morpholine rings is 1. The molecule has 2 rings (SSSR count). The zero-order valence-electron chi connectivity index (χ0n) is 13.3. The quantitative estimate of drug-likeness (QED) is 0.813. The standard InChI is InChI=1S/C15H22N2O5S/c1-12-11-22-8-7-17(12)23(19,20)9-6-16-15(18)13-4-3-5-14(10-13)21-2/h3-5,10,12H,6-9,11H2,1-2H3,(H,16,18). The number of carbonyl (C=O) groups is 1. The van der Waals surface area contributed by atoms with E-state index in [2.05, 4.69) is 5.32 Å². The highest BCUT2D eigenvalue weighted by Crippen LogP contribution is 2.13. The highest BCUT2D eigenvalue weighted by Gasteiger charge is 2.29. The van der Waals surface area contributed by atoms with E-state index in [1.54, 1.807) is 24.3 Å². The van der Waals surface area contributed by atoms with Gasteiger partial charge in [-0.3, -0.25) is 4.79 Å². The SMILES string of the molecule is COc1cccc(C(=O)NCCS(=O)(=O)N2CCOCC2C)c1. The fourth-order valence-corrected chi connectivity index (χ4v) is 3.96. The van der Waals surface area contributed by atoms with Crippen molar-refractivity contribution in [1.82, 2.24) is 9.62 Å². The lowest BCUT2D eigenvalue weighted by molar-refractivity contribution is 0.0393. The molecular formula is C15H22N2O5S. The predicted octanol–water partition coefficient (Wildman–Crippen LogP) is 0.476. The Hall–Kier alpha value is -1.64. The Balaban J connectivity index is 1.89. The topological polar surface area (TPSA) is 84.9 Å². The van der Waals surface area contributed by atoms with E-state index in [4.69, 9.17) is 9.47 Å². The number of ether oxygens (including phenoxy) is 2. The second-order valence-corrected chi connectivity index (χ2v) is 7.38. The van der Waals surface area contributed by atoms with Gasteiger partial charge in [0, 0.05) is 24.7 Å². The summed E-state index contributed by atoms with van der Waals surface area (Å²) in [6.45, 7) is 3.02. The molecule has 1 unspecified atom stereocenters. The molecular weight excluding hydrogens is 320 g/mol. The highest BCUT2D eigenvalue weighted by molar-refractivity contribution is 7.89. The summed E-state index contributed by atoms with van der Waals surface area (Å²) in [4.78, 5) is 12.0. The van der Waals surface area contributed by atoms with Crippen LogP contribution >= 0.6 is 0 Å². The third-order valence-electron chi connectivity index (χ3n) is 3.64. The van der Waals surface area contributed by atoms with Crippen molar-refractivity contribution in [2.75, 3.05) is 39.2 Å². The Morgan fingerprint density at radius 2 is 2.26 bits per heavy atom. The van der Waals surface area contributed by atoms with Gasteiger partial charge < -0.3 is 14.8 Å². The van der Waals surface area contributed by atoms with E-state index in [9.17, 15) is 13.2 Å². The summed E-state index contributed by atoms with van der Waals surface area (Å²) in [6.07, 6.45) is 0. The van der Waals surface area contributed by atoms with Crippen molar-refractivity contribution in [2.45, 2.75) is 13.0 Å². The number of hydrogen-bond acceptors (Lipinski definition) is 5. The summed E-state index contributed by atoms with van der Waals surface area (Å²) in [5.74, 6) is 0.120. The number of benzene rings is 1. The Kier molecular flexibility index (Phi) is 5.97. The predicted molar refractivity (Wildman–Crippen MR) is 86.1 cm³/mol. The molecule has 1 aromatic carbocycles. The minimum Gasteiger partial charge on any atom is -0.497 e. The molecule has 0 spiro atoms. The number of carbonyl (C=O) groups excluding carboxylic acids is 1. The highest BCUT2D eigenvalue weighted by atomic mass is 32.2. The smallest absolute Gasteiger partial charge is 0.251 e. The van der Waals surface area contributed by atoms with Gasteiger partial charge in [-0.15, -0.1) is 0 Å². The van der Waals surface area contributed by atoms with Crippen molar-refractivity contribution < 1.29 is 22.7 Å². The lowest BCUT2D eigenvalue weighted by Crippen LogP contribution is -2.49. The Morgan fingerprint density at radius 1 is 1.48 bits per heavy atom. The van der Waals surface area contributed by atoms with Crippen molar-refractivity contribution >= 4 is 15.9 Å². The zero-order valence-corrected chi connectivity index (χ0v) is 14.1. The van der Waals surface area contributed by atoms with Crippen LogP contribution in [0, 0.1) is 0 Å². The molecule has 1 aromatic rings. The monoisotopic (exact) mass is 342 g/mol. The van der Waals surface area contributed by atoms with Crippen molar-refractivity contribution in [3.8, 4) is 5.75 Å². The van der Waals surface area contributed by atoms with Gasteiger partial charge in [-0.1, -0.05) is 6.07 Å². The first-order chi connectivity index (χ1) is 10.9. The summed E-state index contributed by atoms with van der Waals surface area (Å²) in [6, 6.07) is 6.52. The molecule has 0 radical (unpaired) electrons. The molecule has 1 aliphatic rings. The zero-order chi connectivity index (χ0) is 16.9. The molecule has 1 amide bonds. The number of sulfonamides is 1. The van der Waals surface area contributed by atoms with Gasteiger partial charge in [0.05, 0.1) is 26.1 Å². The van der Waals surface area contributed by atoms with Gasteiger partial charge >= 0.3 is 0 Å². The summed E-state index contributed by atoms with van der Waals surface area (Å²) in [5, 5.41) is 2.63. The molecule has 8 heteroatoms. The van der Waals surface area contributed by atoms with Gasteiger partial charge in [0.25, 0.3) is 5.91 Å². The number of methoxy groups -OCH3 is 1. The fourth-order valence-electron chi connectivity index (χ4n) is 2.40. The van der Waals surface area contributed by atoms with Crippen LogP contribution in [0.5, 0.6) is 5.75 Å². The van der Waals surface area contributed by atoms with Gasteiger partial charge in [0.15, 0.2) is 0 Å². The normalized spacial score (nSPS) is 19.3. The summed E-state index contributed by atoms with van der Waals surface area (Å²) < 4.78 is 36.4. The minimum atomic E-state index is -3.41. The second-order valence-electron chi connectivity index (χ2n) is 5.34. The molecule has 1 saturated heterocycles. The molecule has 0 saturated carbocycles. The van der Waals surface area contributed by atoms with Gasteiger partial charge in [0.2, 0.25) is 10.0 Å². The van der Waals surface area contributed by atoms with Crippen LogP contribution in [0.1, 0.15) is 17.3 Å². The first kappa shape index (κ1) is 17.7. The van der Waals surface area contributed by atoms with Crippen LogP contribution in [-0.2, 0) is 14.8 Å². The number of hydrogen-bond donors (Lipinski definition) is 1. The molecule has 1 atom stereocenters. The van der Waals surface area contributed by atoms with Gasteiger partial charge in [-0.25, -0.2) is 8.42 Å². The average Bonchev–Trinajstić information content (AvgIpc) is 2.55. The van der Waals surface area contributed by atoms with Gasteiger partial charge in [-0.2, -0.15) is 4.31 Å². The molecule has 1 aliphatic heterocycles. The number of nitrogens with zero attached hydrogens (tertiary/aromatic N) is 1. The minimum absolute atomic E-state index is 0.0580. The largest absolute Gasteiger partial charge is 0.497 e. The van der Waals surface area contributed by atoms with E-state index in [1.807, 2.05) is 6.92 Å². The number of rotatable bonds is 6. The van der Waals surface area contributed by atoms with Crippen molar-refractivity contribution in [2.24, 2.45) is 0 Å². The molecule has 1 heterocycles. The third-order valence-corrected chi connectivity index (χ3v) is 5.62. The van der Waals surface area contributed by atoms with E-state index in [-0.39, 0.29) is 24.2 Å². The lowest BCUT2D eigenvalue weighted by atomic mass is 10.2. The van der Waals surface area contributed by atoms with Crippen molar-refractivity contribution in [3.05, 3.63) is 29.8 Å². The van der Waals surface area contributed by atoms with E-state index >= 15 is 0 Å². The molecule has 1 N–H and O–H groups in total. The fraction of sp³-hybridized carbons (Fsp3) is 0.533. The number of amides is 1. The molecule has 128 valence electrons. The average molecular weight is 342 g/mol. The summed E-state index contributed by atoms with van der Waals surface area (Å²) in [7, 11) is -1.89. The van der Waals surface area contributed by atoms with Crippen LogP contribution < -0.4 is 10.1 Å². The van der Waals surface area contributed by atoms with E-state index in [1.165, 1.54) is 11.4 Å². The molecule has 0 aromatic heterocycles. The number of nitrogens with one attached hydrogen (secondary N) is 1. The van der Waals surface area contributed by atoms with E-state index < -0.39 is 10.0 Å². The van der Waals surface area contributed by atoms with Crippen LogP contribution in [0.2, 0.25) is 0 Å². The lowest BCUT2D eigenvalue weighted by Gasteiger charge is -2.32. The first-order valence-corrected chi connectivity index (χ1v) is 9.04. The molecule has 0 bridgehead atoms. The maximum atomic E-state index is 12.3. The molecule has 0 aliphatic carbocycles. The van der Waals surface area contributed by atoms with Crippen LogP contribution in [-0.4, -0.2) is 63.8 Å². The van der Waals surface area contributed by atoms with Crippen molar-refractivity contribution in [3.63, 3.8) is 0 Å². The van der Waals surface area contributed by atoms with Gasteiger partial charge in [0.1, 0.15) is 5.75 Å². The third kappa shape index (κ3) is 4.66. The Bertz CT molecular complexity index is 647. The van der Waals surface area contributed by atoms with E-state index in [0.717, 1.165) is 0 Å².